The van der Waals surface area contributed by atoms with E-state index < -0.39 is 11.7 Å². The lowest BCUT2D eigenvalue weighted by molar-refractivity contribution is -0.137. The van der Waals surface area contributed by atoms with Crippen molar-refractivity contribution in [3.05, 3.63) is 76.4 Å². The number of hydrogen-bond acceptors (Lipinski definition) is 2. The van der Waals surface area contributed by atoms with Crippen molar-refractivity contribution in [3.8, 4) is 0 Å². The molecule has 0 saturated carbocycles. The fraction of sp³-hybridized carbons (Fsp3) is 0.158. The van der Waals surface area contributed by atoms with Crippen LogP contribution in [0.5, 0.6) is 0 Å². The maximum absolute atomic E-state index is 12.6. The van der Waals surface area contributed by atoms with Crippen LogP contribution in [0.1, 0.15) is 21.5 Å². The van der Waals surface area contributed by atoms with Crippen molar-refractivity contribution in [3.63, 3.8) is 0 Å². The zero-order chi connectivity index (χ0) is 18.9. The van der Waals surface area contributed by atoms with Crippen LogP contribution in [0.3, 0.4) is 0 Å². The summed E-state index contributed by atoms with van der Waals surface area (Å²) in [6, 6.07) is 13.3. The predicted molar refractivity (Wildman–Crippen MR) is 94.0 cm³/mol. The Morgan fingerprint density at radius 3 is 2.42 bits per heavy atom. The third-order valence-corrected chi connectivity index (χ3v) is 4.16. The van der Waals surface area contributed by atoms with Gasteiger partial charge in [-0.1, -0.05) is 23.7 Å². The number of hydrogen-bond donors (Lipinski definition) is 0. The molecule has 0 bridgehead atoms. The highest BCUT2D eigenvalue weighted by molar-refractivity contribution is 6.29. The van der Waals surface area contributed by atoms with Gasteiger partial charge < -0.3 is 4.90 Å². The van der Waals surface area contributed by atoms with Gasteiger partial charge in [-0.15, -0.1) is 0 Å². The largest absolute Gasteiger partial charge is 0.416 e. The number of carbonyl (C=O) groups is 1. The van der Waals surface area contributed by atoms with Gasteiger partial charge in [0.05, 0.1) is 11.1 Å². The molecule has 2 aromatic carbocycles. The number of benzene rings is 2. The van der Waals surface area contributed by atoms with Crippen molar-refractivity contribution in [1.82, 2.24) is 9.88 Å². The normalized spacial score (nSPS) is 11.6. The molecule has 134 valence electrons. The van der Waals surface area contributed by atoms with E-state index in [4.69, 9.17) is 11.6 Å². The number of amides is 1. The van der Waals surface area contributed by atoms with E-state index in [-0.39, 0.29) is 12.5 Å². The van der Waals surface area contributed by atoms with Gasteiger partial charge in [-0.2, -0.15) is 13.2 Å². The Bertz CT molecular complexity index is 955. The summed E-state index contributed by atoms with van der Waals surface area (Å²) in [6.07, 6.45) is -4.37. The predicted octanol–water partition coefficient (Wildman–Crippen LogP) is 5.18. The van der Waals surface area contributed by atoms with Crippen LogP contribution in [0.2, 0.25) is 5.15 Å². The van der Waals surface area contributed by atoms with Gasteiger partial charge in [0.15, 0.2) is 0 Å². The van der Waals surface area contributed by atoms with Crippen molar-refractivity contribution in [2.75, 3.05) is 7.05 Å². The molecule has 0 unspecified atom stereocenters. The van der Waals surface area contributed by atoms with Crippen molar-refractivity contribution in [2.24, 2.45) is 0 Å². The lowest BCUT2D eigenvalue weighted by atomic mass is 10.1. The summed E-state index contributed by atoms with van der Waals surface area (Å²) in [6.45, 7) is 0.202. The molecule has 0 aliphatic heterocycles. The van der Waals surface area contributed by atoms with Crippen LogP contribution in [-0.2, 0) is 12.7 Å². The Kier molecular flexibility index (Phi) is 4.87. The molecule has 1 amide bonds. The van der Waals surface area contributed by atoms with Crippen LogP contribution in [0.4, 0.5) is 13.2 Å². The minimum absolute atomic E-state index is 0.202. The quantitative estimate of drug-likeness (QED) is 0.588. The van der Waals surface area contributed by atoms with Gasteiger partial charge in [-0.05, 0) is 48.0 Å². The standard InChI is InChI=1S/C19H14ClF3N2O/c1-25(11-12-2-6-15(7-3-12)19(21,22)23)18(26)14-4-8-16-13(10-14)5-9-17(20)24-16/h2-10H,11H2,1H3. The third kappa shape index (κ3) is 3.96. The first-order valence-electron chi connectivity index (χ1n) is 7.72. The molecule has 0 aliphatic carbocycles. The molecule has 7 heteroatoms. The van der Waals surface area contributed by atoms with Crippen molar-refractivity contribution >= 4 is 28.4 Å². The Morgan fingerprint density at radius 1 is 1.08 bits per heavy atom. The van der Waals surface area contributed by atoms with Crippen LogP contribution in [0, 0.1) is 0 Å². The molecule has 1 heterocycles. The van der Waals surface area contributed by atoms with Crippen molar-refractivity contribution < 1.29 is 18.0 Å². The summed E-state index contributed by atoms with van der Waals surface area (Å²) in [5, 5.41) is 1.15. The molecule has 0 saturated heterocycles. The molecule has 0 radical (unpaired) electrons. The van der Waals surface area contributed by atoms with E-state index in [9.17, 15) is 18.0 Å². The number of rotatable bonds is 3. The summed E-state index contributed by atoms with van der Waals surface area (Å²) in [7, 11) is 1.60. The van der Waals surface area contributed by atoms with E-state index >= 15 is 0 Å². The zero-order valence-corrected chi connectivity index (χ0v) is 14.5. The van der Waals surface area contributed by atoms with E-state index in [0.717, 1.165) is 17.5 Å². The maximum atomic E-state index is 12.6. The lowest BCUT2D eigenvalue weighted by Gasteiger charge is -2.18. The second-order valence-electron chi connectivity index (χ2n) is 5.90. The number of halogens is 4. The van der Waals surface area contributed by atoms with Crippen LogP contribution in [0.25, 0.3) is 10.9 Å². The van der Waals surface area contributed by atoms with Crippen LogP contribution >= 0.6 is 11.6 Å². The summed E-state index contributed by atoms with van der Waals surface area (Å²) in [5.74, 6) is -0.234. The molecule has 26 heavy (non-hydrogen) atoms. The topological polar surface area (TPSA) is 33.2 Å². The second-order valence-corrected chi connectivity index (χ2v) is 6.28. The number of fused-ring (bicyclic) bond motifs is 1. The van der Waals surface area contributed by atoms with Gasteiger partial charge in [0.1, 0.15) is 5.15 Å². The van der Waals surface area contributed by atoms with E-state index in [1.165, 1.54) is 17.0 Å². The zero-order valence-electron chi connectivity index (χ0n) is 13.7. The van der Waals surface area contributed by atoms with Crippen LogP contribution < -0.4 is 0 Å². The number of nitrogens with zero attached hydrogens (tertiary/aromatic N) is 2. The number of alkyl halides is 3. The molecule has 0 atom stereocenters. The first-order valence-corrected chi connectivity index (χ1v) is 8.10. The summed E-state index contributed by atoms with van der Waals surface area (Å²) in [4.78, 5) is 18.2. The maximum Gasteiger partial charge on any atom is 0.416 e. The van der Waals surface area contributed by atoms with Crippen LogP contribution in [-0.4, -0.2) is 22.8 Å². The van der Waals surface area contributed by atoms with Gasteiger partial charge in [0, 0.05) is 24.5 Å². The highest BCUT2D eigenvalue weighted by atomic mass is 35.5. The molecule has 0 spiro atoms. The lowest BCUT2D eigenvalue weighted by Crippen LogP contribution is -2.26. The number of carbonyl (C=O) groups excluding carboxylic acids is 1. The van der Waals surface area contributed by atoms with Gasteiger partial charge in [-0.3, -0.25) is 4.79 Å². The molecule has 0 N–H and O–H groups in total. The van der Waals surface area contributed by atoms with Gasteiger partial charge in [0.25, 0.3) is 5.91 Å². The van der Waals surface area contributed by atoms with Crippen LogP contribution in [0.15, 0.2) is 54.6 Å². The monoisotopic (exact) mass is 378 g/mol. The van der Waals surface area contributed by atoms with Gasteiger partial charge in [-0.25, -0.2) is 4.98 Å². The number of pyridine rings is 1. The van der Waals surface area contributed by atoms with E-state index in [2.05, 4.69) is 4.98 Å². The minimum Gasteiger partial charge on any atom is -0.337 e. The fourth-order valence-corrected chi connectivity index (χ4v) is 2.75. The SMILES string of the molecule is CN(Cc1ccc(C(F)(F)F)cc1)C(=O)c1ccc2nc(Cl)ccc2c1. The molecule has 3 aromatic rings. The van der Waals surface area contributed by atoms with Crippen molar-refractivity contribution in [2.45, 2.75) is 12.7 Å². The third-order valence-electron chi connectivity index (χ3n) is 3.95. The molecule has 0 aliphatic rings. The molecular weight excluding hydrogens is 365 g/mol. The molecule has 3 nitrogen and oxygen atoms in total. The first-order chi connectivity index (χ1) is 12.2. The molecule has 3 rings (SSSR count). The van der Waals surface area contributed by atoms with E-state index in [0.29, 0.717) is 21.8 Å². The summed E-state index contributed by atoms with van der Waals surface area (Å²) in [5.41, 5.74) is 1.05. The number of aromatic nitrogens is 1. The van der Waals surface area contributed by atoms with Gasteiger partial charge in [0.2, 0.25) is 0 Å². The highest BCUT2D eigenvalue weighted by Gasteiger charge is 2.30. The Balaban J connectivity index is 1.76. The molecule has 0 fully saturated rings. The van der Waals surface area contributed by atoms with E-state index in [1.807, 2.05) is 0 Å². The first kappa shape index (κ1) is 18.2. The fourth-order valence-electron chi connectivity index (χ4n) is 2.60. The minimum atomic E-state index is -4.37. The van der Waals surface area contributed by atoms with E-state index in [1.54, 1.807) is 37.4 Å². The Hall–Kier alpha value is -2.60. The molecule has 1 aromatic heterocycles. The summed E-state index contributed by atoms with van der Waals surface area (Å²) >= 11 is 5.84. The Labute approximate surface area is 153 Å². The summed E-state index contributed by atoms with van der Waals surface area (Å²) < 4.78 is 37.8. The smallest absolute Gasteiger partial charge is 0.337 e. The Morgan fingerprint density at radius 2 is 1.77 bits per heavy atom. The average molecular weight is 379 g/mol. The molecular formula is C19H14ClF3N2O. The van der Waals surface area contributed by atoms with Gasteiger partial charge >= 0.3 is 6.18 Å². The second kappa shape index (κ2) is 6.96. The average Bonchev–Trinajstić information content (AvgIpc) is 2.60. The van der Waals surface area contributed by atoms with Crippen molar-refractivity contribution in [1.29, 1.82) is 0 Å². The highest BCUT2D eigenvalue weighted by Crippen LogP contribution is 2.29.